The van der Waals surface area contributed by atoms with Gasteiger partial charge in [0.25, 0.3) is 0 Å². The molecule has 0 saturated carbocycles. The van der Waals surface area contributed by atoms with Gasteiger partial charge < -0.3 is 0 Å². The Bertz CT molecular complexity index is 329. The van der Waals surface area contributed by atoms with Crippen LogP contribution in [-0.2, 0) is 0 Å². The van der Waals surface area contributed by atoms with Crippen LogP contribution in [0, 0.1) is 25.7 Å². The molecule has 0 amide bonds. The summed E-state index contributed by atoms with van der Waals surface area (Å²) in [5, 5.41) is 0. The Hall–Kier alpha value is -0.260. The van der Waals surface area contributed by atoms with Crippen LogP contribution in [0.5, 0.6) is 0 Å². The van der Waals surface area contributed by atoms with Crippen LogP contribution in [0.15, 0.2) is 12.2 Å². The van der Waals surface area contributed by atoms with Crippen molar-refractivity contribution in [1.29, 1.82) is 0 Å². The first-order valence-corrected chi connectivity index (χ1v) is 14.0. The van der Waals surface area contributed by atoms with Crippen molar-refractivity contribution in [2.45, 2.75) is 155 Å². The van der Waals surface area contributed by atoms with E-state index in [1.165, 1.54) is 128 Å². The van der Waals surface area contributed by atoms with E-state index in [9.17, 15) is 0 Å². The summed E-state index contributed by atoms with van der Waals surface area (Å²) >= 11 is 0. The third-order valence-corrected chi connectivity index (χ3v) is 7.01. The predicted molar refractivity (Wildman–Crippen MR) is 140 cm³/mol. The summed E-state index contributed by atoms with van der Waals surface area (Å²) in [5.74, 6) is 1.93. The molecule has 0 saturated heterocycles. The van der Waals surface area contributed by atoms with E-state index in [1.807, 2.05) is 0 Å². The maximum Gasteiger partial charge on any atom is -0.0351 e. The summed E-state index contributed by atoms with van der Waals surface area (Å²) in [6, 6.07) is 0. The van der Waals surface area contributed by atoms with Crippen molar-refractivity contribution in [3.05, 3.63) is 26.0 Å². The lowest BCUT2D eigenvalue weighted by Gasteiger charge is -2.13. The van der Waals surface area contributed by atoms with E-state index in [2.05, 4.69) is 39.8 Å². The average molecular weight is 419 g/mol. The van der Waals surface area contributed by atoms with Crippen LogP contribution < -0.4 is 0 Å². The summed E-state index contributed by atoms with van der Waals surface area (Å²) in [4.78, 5) is 0. The average Bonchev–Trinajstić information content (AvgIpc) is 2.77. The predicted octanol–water partition coefficient (Wildman–Crippen LogP) is 11.1. The smallest absolute Gasteiger partial charge is 0.0351 e. The van der Waals surface area contributed by atoms with Crippen molar-refractivity contribution in [3.63, 3.8) is 0 Å². The van der Waals surface area contributed by atoms with E-state index >= 15 is 0 Å². The second-order valence-electron chi connectivity index (χ2n) is 9.70. The van der Waals surface area contributed by atoms with Crippen LogP contribution in [-0.4, -0.2) is 0 Å². The fourth-order valence-electron chi connectivity index (χ4n) is 4.66. The summed E-state index contributed by atoms with van der Waals surface area (Å²) in [5.41, 5.74) is 0. The fourth-order valence-corrected chi connectivity index (χ4v) is 4.66. The van der Waals surface area contributed by atoms with E-state index < -0.39 is 0 Å². The highest BCUT2D eigenvalue weighted by atomic mass is 14.1. The molecule has 0 fully saturated rings. The monoisotopic (exact) mass is 418 g/mol. The second kappa shape index (κ2) is 25.0. The number of unbranched alkanes of at least 4 members (excludes halogenated alkanes) is 12. The summed E-state index contributed by atoms with van der Waals surface area (Å²) in [7, 11) is 0. The first kappa shape index (κ1) is 29.7. The minimum Gasteiger partial charge on any atom is -0.0885 e. The SMILES string of the molecule is [CH2]CCCC(CC)CCCCC/C=C/CCCCCCCCCC(CC)CCC[CH2]. The Labute approximate surface area is 193 Å². The Kier molecular flexibility index (Phi) is 24.8. The van der Waals surface area contributed by atoms with E-state index in [1.54, 1.807) is 0 Å². The maximum atomic E-state index is 3.98. The minimum atomic E-state index is 0.958. The quantitative estimate of drug-likeness (QED) is 0.108. The number of allylic oxidation sites excluding steroid dienone is 2. The van der Waals surface area contributed by atoms with Crippen molar-refractivity contribution < 1.29 is 0 Å². The minimum absolute atomic E-state index is 0.958. The van der Waals surface area contributed by atoms with E-state index in [0.29, 0.717) is 0 Å². The van der Waals surface area contributed by atoms with Crippen molar-refractivity contribution in [2.75, 3.05) is 0 Å². The molecular formula is C30H58. The molecule has 0 spiro atoms. The first-order valence-electron chi connectivity index (χ1n) is 14.0. The molecule has 0 aliphatic heterocycles. The highest BCUT2D eigenvalue weighted by Gasteiger charge is 2.05. The fraction of sp³-hybridized carbons (Fsp3) is 0.867. The van der Waals surface area contributed by atoms with Gasteiger partial charge in [-0.15, -0.1) is 0 Å². The van der Waals surface area contributed by atoms with Crippen LogP contribution >= 0.6 is 0 Å². The Morgan fingerprint density at radius 1 is 0.467 bits per heavy atom. The largest absolute Gasteiger partial charge is 0.0885 e. The highest BCUT2D eigenvalue weighted by molar-refractivity contribution is 4.81. The molecule has 0 aliphatic carbocycles. The summed E-state index contributed by atoms with van der Waals surface area (Å²) in [6.45, 7) is 12.7. The Morgan fingerprint density at radius 3 is 1.20 bits per heavy atom. The molecule has 0 heteroatoms. The molecule has 178 valence electrons. The molecule has 0 aromatic rings. The molecule has 0 bridgehead atoms. The molecule has 0 N–H and O–H groups in total. The Morgan fingerprint density at radius 2 is 0.800 bits per heavy atom. The molecule has 2 atom stereocenters. The standard InChI is InChI=1S/C30H58/c1-5-9-25-29(7-3)27-23-21-19-17-15-13-11-12-14-16-18-20-22-24-28-30(8-4)26-10-6-2/h13,15,29-30H,1-2,5-12,14,16-28H2,3-4H3/b15-13+. The molecule has 0 heterocycles. The van der Waals surface area contributed by atoms with Gasteiger partial charge >= 0.3 is 0 Å². The van der Waals surface area contributed by atoms with Gasteiger partial charge in [-0.25, -0.2) is 0 Å². The number of hydrogen-bond donors (Lipinski definition) is 0. The zero-order valence-electron chi connectivity index (χ0n) is 21.3. The van der Waals surface area contributed by atoms with E-state index in [0.717, 1.165) is 24.7 Å². The van der Waals surface area contributed by atoms with Crippen LogP contribution in [0.3, 0.4) is 0 Å². The van der Waals surface area contributed by atoms with Gasteiger partial charge in [0.15, 0.2) is 0 Å². The van der Waals surface area contributed by atoms with Gasteiger partial charge in [-0.05, 0) is 37.5 Å². The van der Waals surface area contributed by atoms with Crippen LogP contribution in [0.1, 0.15) is 155 Å². The van der Waals surface area contributed by atoms with Crippen molar-refractivity contribution in [3.8, 4) is 0 Å². The molecular weight excluding hydrogens is 360 g/mol. The second-order valence-corrected chi connectivity index (χ2v) is 9.70. The first-order chi connectivity index (χ1) is 14.8. The van der Waals surface area contributed by atoms with Gasteiger partial charge in [-0.1, -0.05) is 155 Å². The molecule has 0 rings (SSSR count). The zero-order valence-corrected chi connectivity index (χ0v) is 21.3. The molecule has 0 aromatic heterocycles. The molecule has 30 heavy (non-hydrogen) atoms. The number of rotatable bonds is 24. The zero-order chi connectivity index (χ0) is 22.1. The maximum absolute atomic E-state index is 3.98. The molecule has 0 aromatic carbocycles. The normalized spacial score (nSPS) is 13.9. The van der Waals surface area contributed by atoms with E-state index in [-0.39, 0.29) is 0 Å². The van der Waals surface area contributed by atoms with Gasteiger partial charge in [0.2, 0.25) is 0 Å². The molecule has 2 radical (unpaired) electrons. The lowest BCUT2D eigenvalue weighted by atomic mass is 9.93. The third-order valence-electron chi connectivity index (χ3n) is 7.01. The van der Waals surface area contributed by atoms with Crippen molar-refractivity contribution in [1.82, 2.24) is 0 Å². The van der Waals surface area contributed by atoms with Gasteiger partial charge in [-0.2, -0.15) is 0 Å². The van der Waals surface area contributed by atoms with Crippen LogP contribution in [0.25, 0.3) is 0 Å². The third kappa shape index (κ3) is 21.0. The topological polar surface area (TPSA) is 0 Å². The van der Waals surface area contributed by atoms with Crippen molar-refractivity contribution in [2.24, 2.45) is 11.8 Å². The van der Waals surface area contributed by atoms with Crippen LogP contribution in [0.4, 0.5) is 0 Å². The van der Waals surface area contributed by atoms with Gasteiger partial charge in [0, 0.05) is 0 Å². The van der Waals surface area contributed by atoms with Crippen molar-refractivity contribution >= 4 is 0 Å². The van der Waals surface area contributed by atoms with Gasteiger partial charge in [-0.3, -0.25) is 0 Å². The number of hydrogen-bond acceptors (Lipinski definition) is 0. The molecule has 0 aliphatic rings. The van der Waals surface area contributed by atoms with E-state index in [4.69, 9.17) is 0 Å². The molecule has 0 nitrogen and oxygen atoms in total. The van der Waals surface area contributed by atoms with Gasteiger partial charge in [0.1, 0.15) is 0 Å². The molecule has 2 unspecified atom stereocenters. The lowest BCUT2D eigenvalue weighted by Crippen LogP contribution is -1.98. The lowest BCUT2D eigenvalue weighted by molar-refractivity contribution is 0.402. The van der Waals surface area contributed by atoms with Gasteiger partial charge in [0.05, 0.1) is 0 Å². The van der Waals surface area contributed by atoms with Crippen LogP contribution in [0.2, 0.25) is 0 Å². The summed E-state index contributed by atoms with van der Waals surface area (Å²) < 4.78 is 0. The highest BCUT2D eigenvalue weighted by Crippen LogP contribution is 2.21. The Balaban J connectivity index is 3.32. The summed E-state index contributed by atoms with van der Waals surface area (Å²) in [6.07, 6.45) is 35.1.